The standard InChI is InChI=1S/C9H6F4O/c10-6-2-1-5(3-7(6)11)4-8(14)9(12)13/h1-3,9H,4H2. The molecule has 0 amide bonds. The molecule has 0 spiro atoms. The van der Waals surface area contributed by atoms with E-state index in [1.165, 1.54) is 0 Å². The summed E-state index contributed by atoms with van der Waals surface area (Å²) in [6.45, 7) is 0. The van der Waals surface area contributed by atoms with E-state index < -0.39 is 30.3 Å². The number of halogens is 4. The second-order valence-electron chi connectivity index (χ2n) is 2.69. The topological polar surface area (TPSA) is 17.1 Å². The third kappa shape index (κ3) is 2.55. The van der Waals surface area contributed by atoms with Crippen molar-refractivity contribution in [3.63, 3.8) is 0 Å². The van der Waals surface area contributed by atoms with Crippen LogP contribution >= 0.6 is 0 Å². The first-order chi connectivity index (χ1) is 6.50. The highest BCUT2D eigenvalue weighted by Gasteiger charge is 2.16. The lowest BCUT2D eigenvalue weighted by Crippen LogP contribution is -2.12. The molecule has 0 aliphatic heterocycles. The van der Waals surface area contributed by atoms with Crippen molar-refractivity contribution in [1.29, 1.82) is 0 Å². The Morgan fingerprint density at radius 2 is 1.86 bits per heavy atom. The van der Waals surface area contributed by atoms with Gasteiger partial charge in [-0.2, -0.15) is 0 Å². The largest absolute Gasteiger partial charge is 0.296 e. The van der Waals surface area contributed by atoms with E-state index in [-0.39, 0.29) is 5.56 Å². The van der Waals surface area contributed by atoms with Gasteiger partial charge >= 0.3 is 0 Å². The van der Waals surface area contributed by atoms with Gasteiger partial charge in [0.1, 0.15) is 0 Å². The maximum Gasteiger partial charge on any atom is 0.296 e. The molecule has 0 unspecified atom stereocenters. The summed E-state index contributed by atoms with van der Waals surface area (Å²) in [4.78, 5) is 10.5. The highest BCUT2D eigenvalue weighted by molar-refractivity contribution is 5.83. The minimum absolute atomic E-state index is 0.0363. The van der Waals surface area contributed by atoms with Crippen molar-refractivity contribution in [2.75, 3.05) is 0 Å². The molecule has 0 fully saturated rings. The predicted octanol–water partition coefficient (Wildman–Crippen LogP) is 2.34. The van der Waals surface area contributed by atoms with E-state index in [9.17, 15) is 22.4 Å². The lowest BCUT2D eigenvalue weighted by atomic mass is 10.1. The average Bonchev–Trinajstić information content (AvgIpc) is 2.11. The number of hydrogen-bond donors (Lipinski definition) is 0. The number of alkyl halides is 2. The van der Waals surface area contributed by atoms with Gasteiger partial charge in [-0.05, 0) is 17.7 Å². The van der Waals surface area contributed by atoms with Crippen LogP contribution in [-0.4, -0.2) is 12.2 Å². The van der Waals surface area contributed by atoms with Crippen molar-refractivity contribution in [3.8, 4) is 0 Å². The molecule has 5 heteroatoms. The van der Waals surface area contributed by atoms with E-state index in [0.29, 0.717) is 0 Å². The fraction of sp³-hybridized carbons (Fsp3) is 0.222. The molecular weight excluding hydrogens is 200 g/mol. The number of ketones is 1. The first-order valence-corrected chi connectivity index (χ1v) is 3.75. The zero-order chi connectivity index (χ0) is 10.7. The van der Waals surface area contributed by atoms with E-state index in [1.54, 1.807) is 0 Å². The molecule has 0 saturated carbocycles. The lowest BCUT2D eigenvalue weighted by Gasteiger charge is -2.00. The molecule has 1 rings (SSSR count). The van der Waals surface area contributed by atoms with Gasteiger partial charge in [0.2, 0.25) is 5.78 Å². The zero-order valence-electron chi connectivity index (χ0n) is 6.94. The van der Waals surface area contributed by atoms with Crippen LogP contribution in [0.3, 0.4) is 0 Å². The molecule has 0 saturated heterocycles. The third-order valence-corrected chi connectivity index (χ3v) is 1.61. The monoisotopic (exact) mass is 206 g/mol. The van der Waals surface area contributed by atoms with Crippen LogP contribution in [0.15, 0.2) is 18.2 Å². The van der Waals surface area contributed by atoms with Gasteiger partial charge in [0.25, 0.3) is 6.43 Å². The maximum absolute atomic E-state index is 12.6. The van der Waals surface area contributed by atoms with Crippen molar-refractivity contribution >= 4 is 5.78 Å². The lowest BCUT2D eigenvalue weighted by molar-refractivity contribution is -0.128. The van der Waals surface area contributed by atoms with Gasteiger partial charge in [-0.1, -0.05) is 6.07 Å². The smallest absolute Gasteiger partial charge is 0.293 e. The highest BCUT2D eigenvalue weighted by Crippen LogP contribution is 2.10. The maximum atomic E-state index is 12.6. The molecule has 0 atom stereocenters. The van der Waals surface area contributed by atoms with Gasteiger partial charge in [0.05, 0.1) is 0 Å². The van der Waals surface area contributed by atoms with Crippen molar-refractivity contribution in [1.82, 2.24) is 0 Å². The summed E-state index contributed by atoms with van der Waals surface area (Å²) in [6.07, 6.45) is -3.67. The van der Waals surface area contributed by atoms with E-state index in [1.807, 2.05) is 0 Å². The number of carbonyl (C=O) groups is 1. The third-order valence-electron chi connectivity index (χ3n) is 1.61. The van der Waals surface area contributed by atoms with Crippen LogP contribution in [0.4, 0.5) is 17.6 Å². The molecule has 0 N–H and O–H groups in total. The van der Waals surface area contributed by atoms with Crippen molar-refractivity contribution in [2.24, 2.45) is 0 Å². The Bertz CT molecular complexity index is 349. The van der Waals surface area contributed by atoms with Crippen LogP contribution in [0, 0.1) is 11.6 Å². The fourth-order valence-corrected chi connectivity index (χ4v) is 0.928. The van der Waals surface area contributed by atoms with Gasteiger partial charge in [0.15, 0.2) is 11.6 Å². The molecule has 0 aliphatic rings. The summed E-state index contributed by atoms with van der Waals surface area (Å²) in [5.74, 6) is -3.53. The Hall–Kier alpha value is -1.39. The van der Waals surface area contributed by atoms with Gasteiger partial charge < -0.3 is 0 Å². The fourth-order valence-electron chi connectivity index (χ4n) is 0.928. The molecular formula is C9H6F4O. The second kappa shape index (κ2) is 4.21. The van der Waals surface area contributed by atoms with Crippen LogP contribution < -0.4 is 0 Å². The summed E-state index contributed by atoms with van der Waals surface area (Å²) in [5.41, 5.74) is 0.0363. The van der Waals surface area contributed by atoms with Crippen LogP contribution in [0.2, 0.25) is 0 Å². The summed E-state index contributed by atoms with van der Waals surface area (Å²) < 4.78 is 48.5. The molecule has 1 nitrogen and oxygen atoms in total. The van der Waals surface area contributed by atoms with E-state index in [2.05, 4.69) is 0 Å². The van der Waals surface area contributed by atoms with E-state index in [0.717, 1.165) is 18.2 Å². The Morgan fingerprint density at radius 3 is 2.36 bits per heavy atom. The molecule has 0 radical (unpaired) electrons. The summed E-state index contributed by atoms with van der Waals surface area (Å²) in [5, 5.41) is 0. The second-order valence-corrected chi connectivity index (χ2v) is 2.69. The molecule has 76 valence electrons. The summed E-state index contributed by atoms with van der Waals surface area (Å²) in [7, 11) is 0. The highest BCUT2D eigenvalue weighted by atomic mass is 19.3. The molecule has 1 aromatic rings. The van der Waals surface area contributed by atoms with Gasteiger partial charge in [-0.25, -0.2) is 17.6 Å². The van der Waals surface area contributed by atoms with Crippen LogP contribution in [0.1, 0.15) is 5.56 Å². The molecule has 0 heterocycles. The number of carbonyl (C=O) groups excluding carboxylic acids is 1. The van der Waals surface area contributed by atoms with Crippen LogP contribution in [-0.2, 0) is 11.2 Å². The van der Waals surface area contributed by atoms with Crippen molar-refractivity contribution in [2.45, 2.75) is 12.8 Å². The Balaban J connectivity index is 2.78. The quantitative estimate of drug-likeness (QED) is 0.693. The minimum Gasteiger partial charge on any atom is -0.293 e. The molecule has 0 aromatic heterocycles. The Morgan fingerprint density at radius 1 is 1.21 bits per heavy atom. The number of rotatable bonds is 3. The van der Waals surface area contributed by atoms with Crippen LogP contribution in [0.25, 0.3) is 0 Å². The SMILES string of the molecule is O=C(Cc1ccc(F)c(F)c1)C(F)F. The normalized spacial score (nSPS) is 10.6. The minimum atomic E-state index is -3.08. The van der Waals surface area contributed by atoms with Gasteiger partial charge in [0, 0.05) is 6.42 Å². The summed E-state index contributed by atoms with van der Waals surface area (Å²) >= 11 is 0. The van der Waals surface area contributed by atoms with Crippen LogP contribution in [0.5, 0.6) is 0 Å². The molecule has 1 aromatic carbocycles. The Labute approximate surface area is 77.3 Å². The summed E-state index contributed by atoms with van der Waals surface area (Å²) in [6, 6.07) is 2.62. The predicted molar refractivity (Wildman–Crippen MR) is 41.1 cm³/mol. The van der Waals surface area contributed by atoms with Crippen molar-refractivity contribution < 1.29 is 22.4 Å². The molecule has 0 aliphatic carbocycles. The Kier molecular flexibility index (Phi) is 3.22. The van der Waals surface area contributed by atoms with E-state index >= 15 is 0 Å². The van der Waals surface area contributed by atoms with E-state index in [4.69, 9.17) is 0 Å². The zero-order valence-corrected chi connectivity index (χ0v) is 6.94. The van der Waals surface area contributed by atoms with Crippen molar-refractivity contribution in [3.05, 3.63) is 35.4 Å². The molecule has 14 heavy (non-hydrogen) atoms. The number of Topliss-reactive ketones (excluding diaryl/α,β-unsaturated/α-hetero) is 1. The first-order valence-electron chi connectivity index (χ1n) is 3.75. The molecule has 0 bridgehead atoms. The average molecular weight is 206 g/mol. The first kappa shape index (κ1) is 10.7. The van der Waals surface area contributed by atoms with Gasteiger partial charge in [-0.15, -0.1) is 0 Å². The van der Waals surface area contributed by atoms with Gasteiger partial charge in [-0.3, -0.25) is 4.79 Å². The number of hydrogen-bond acceptors (Lipinski definition) is 1. The number of benzene rings is 1.